The quantitative estimate of drug-likeness (QED) is 0.709. The lowest BCUT2D eigenvalue weighted by Crippen LogP contribution is -2.35. The maximum atomic E-state index is 12.7. The van der Waals surface area contributed by atoms with E-state index in [0.29, 0.717) is 12.1 Å². The predicted molar refractivity (Wildman–Crippen MR) is 99.1 cm³/mol. The SMILES string of the molecule is Cc1cc2c(N3CCCN(C(=O)c4ccncc4)CC3)ncnc2s1. The van der Waals surface area contributed by atoms with Gasteiger partial charge in [0.05, 0.1) is 5.39 Å². The van der Waals surface area contributed by atoms with Crippen LogP contribution in [0.3, 0.4) is 0 Å². The molecular weight excluding hydrogens is 334 g/mol. The normalized spacial score (nSPS) is 15.4. The van der Waals surface area contributed by atoms with E-state index in [1.807, 2.05) is 4.90 Å². The monoisotopic (exact) mass is 353 g/mol. The van der Waals surface area contributed by atoms with Crippen molar-refractivity contribution in [3.05, 3.63) is 47.4 Å². The molecule has 3 aromatic heterocycles. The maximum Gasteiger partial charge on any atom is 0.254 e. The van der Waals surface area contributed by atoms with Crippen LogP contribution in [-0.4, -0.2) is 51.9 Å². The van der Waals surface area contributed by atoms with Gasteiger partial charge in [0, 0.05) is 49.0 Å². The fraction of sp³-hybridized carbons (Fsp3) is 0.333. The lowest BCUT2D eigenvalue weighted by atomic mass is 10.2. The predicted octanol–water partition coefficient (Wildman–Crippen LogP) is 2.75. The van der Waals surface area contributed by atoms with Crippen molar-refractivity contribution < 1.29 is 4.79 Å². The van der Waals surface area contributed by atoms with E-state index in [4.69, 9.17) is 0 Å². The van der Waals surface area contributed by atoms with E-state index in [1.165, 1.54) is 4.88 Å². The molecule has 25 heavy (non-hydrogen) atoms. The van der Waals surface area contributed by atoms with Crippen LogP contribution in [0, 0.1) is 6.92 Å². The number of rotatable bonds is 2. The average Bonchev–Trinajstić information content (AvgIpc) is 2.87. The maximum absolute atomic E-state index is 12.7. The highest BCUT2D eigenvalue weighted by Gasteiger charge is 2.22. The molecule has 6 nitrogen and oxygen atoms in total. The van der Waals surface area contributed by atoms with Crippen molar-refractivity contribution in [1.82, 2.24) is 19.9 Å². The molecule has 1 aliphatic heterocycles. The molecular formula is C18H19N5OS. The molecule has 0 spiro atoms. The van der Waals surface area contributed by atoms with E-state index < -0.39 is 0 Å². The summed E-state index contributed by atoms with van der Waals surface area (Å²) in [7, 11) is 0. The third kappa shape index (κ3) is 3.19. The van der Waals surface area contributed by atoms with E-state index >= 15 is 0 Å². The van der Waals surface area contributed by atoms with E-state index in [0.717, 1.165) is 42.1 Å². The van der Waals surface area contributed by atoms with Crippen molar-refractivity contribution in [3.63, 3.8) is 0 Å². The van der Waals surface area contributed by atoms with Crippen molar-refractivity contribution in [1.29, 1.82) is 0 Å². The first-order valence-corrected chi connectivity index (χ1v) is 9.19. The van der Waals surface area contributed by atoms with Crippen LogP contribution in [0.1, 0.15) is 21.7 Å². The van der Waals surface area contributed by atoms with Crippen LogP contribution in [0.4, 0.5) is 5.82 Å². The van der Waals surface area contributed by atoms with Crippen LogP contribution in [0.15, 0.2) is 36.9 Å². The molecule has 0 atom stereocenters. The minimum absolute atomic E-state index is 0.0727. The second-order valence-corrected chi connectivity index (χ2v) is 7.38. The lowest BCUT2D eigenvalue weighted by Gasteiger charge is -2.23. The van der Waals surface area contributed by atoms with Crippen LogP contribution in [-0.2, 0) is 0 Å². The molecule has 1 saturated heterocycles. The number of pyridine rings is 1. The number of hydrogen-bond acceptors (Lipinski definition) is 6. The highest BCUT2D eigenvalue weighted by molar-refractivity contribution is 7.18. The lowest BCUT2D eigenvalue weighted by molar-refractivity contribution is 0.0767. The molecule has 7 heteroatoms. The molecule has 4 rings (SSSR count). The Labute approximate surface area is 150 Å². The molecule has 0 aliphatic carbocycles. The Morgan fingerprint density at radius 1 is 1.12 bits per heavy atom. The van der Waals surface area contributed by atoms with E-state index in [2.05, 4.69) is 32.8 Å². The second kappa shape index (κ2) is 6.76. The Hall–Kier alpha value is -2.54. The van der Waals surface area contributed by atoms with Gasteiger partial charge in [0.25, 0.3) is 5.91 Å². The number of thiophene rings is 1. The number of carbonyl (C=O) groups is 1. The van der Waals surface area contributed by atoms with Crippen LogP contribution >= 0.6 is 11.3 Å². The number of aromatic nitrogens is 3. The van der Waals surface area contributed by atoms with Gasteiger partial charge >= 0.3 is 0 Å². The smallest absolute Gasteiger partial charge is 0.254 e. The largest absolute Gasteiger partial charge is 0.354 e. The molecule has 4 heterocycles. The van der Waals surface area contributed by atoms with Gasteiger partial charge in [-0.15, -0.1) is 11.3 Å². The number of carbonyl (C=O) groups excluding carboxylic acids is 1. The summed E-state index contributed by atoms with van der Waals surface area (Å²) < 4.78 is 0. The molecule has 0 bridgehead atoms. The fourth-order valence-electron chi connectivity index (χ4n) is 3.22. The molecule has 128 valence electrons. The van der Waals surface area contributed by atoms with Gasteiger partial charge in [-0.25, -0.2) is 9.97 Å². The summed E-state index contributed by atoms with van der Waals surface area (Å²) in [5.41, 5.74) is 0.696. The van der Waals surface area contributed by atoms with Crippen molar-refractivity contribution in [2.75, 3.05) is 31.1 Å². The zero-order chi connectivity index (χ0) is 17.2. The standard InChI is InChI=1S/C18H19N5OS/c1-13-11-15-16(20-12-21-17(15)25-13)22-7-2-8-23(10-9-22)18(24)14-3-5-19-6-4-14/h3-6,11-12H,2,7-10H2,1H3. The second-order valence-electron chi connectivity index (χ2n) is 6.14. The first kappa shape index (κ1) is 16.0. The number of hydrogen-bond donors (Lipinski definition) is 0. The highest BCUT2D eigenvalue weighted by atomic mass is 32.1. The number of nitrogens with zero attached hydrogens (tertiary/aromatic N) is 5. The van der Waals surface area contributed by atoms with Crippen LogP contribution in [0.5, 0.6) is 0 Å². The fourth-order valence-corrected chi connectivity index (χ4v) is 4.07. The van der Waals surface area contributed by atoms with E-state index in [9.17, 15) is 4.79 Å². The van der Waals surface area contributed by atoms with Gasteiger partial charge in [-0.3, -0.25) is 9.78 Å². The van der Waals surface area contributed by atoms with Gasteiger partial charge in [-0.1, -0.05) is 0 Å². The zero-order valence-electron chi connectivity index (χ0n) is 14.1. The molecule has 0 radical (unpaired) electrons. The molecule has 1 fully saturated rings. The Kier molecular flexibility index (Phi) is 4.31. The summed E-state index contributed by atoms with van der Waals surface area (Å²) in [5.74, 6) is 1.05. The number of fused-ring (bicyclic) bond motifs is 1. The van der Waals surface area contributed by atoms with Crippen LogP contribution in [0.2, 0.25) is 0 Å². The first-order chi connectivity index (χ1) is 12.2. The first-order valence-electron chi connectivity index (χ1n) is 8.38. The minimum Gasteiger partial charge on any atom is -0.354 e. The van der Waals surface area contributed by atoms with Crippen molar-refractivity contribution >= 4 is 33.3 Å². The summed E-state index contributed by atoms with van der Waals surface area (Å²) in [5, 5.41) is 1.11. The third-order valence-electron chi connectivity index (χ3n) is 4.44. The van der Waals surface area contributed by atoms with Gasteiger partial charge in [0.15, 0.2) is 0 Å². The van der Waals surface area contributed by atoms with Crippen LogP contribution < -0.4 is 4.90 Å². The number of aryl methyl sites for hydroxylation is 1. The van der Waals surface area contributed by atoms with Crippen molar-refractivity contribution in [2.45, 2.75) is 13.3 Å². The minimum atomic E-state index is 0.0727. The van der Waals surface area contributed by atoms with Gasteiger partial charge in [0.2, 0.25) is 0 Å². The van der Waals surface area contributed by atoms with E-state index in [-0.39, 0.29) is 5.91 Å². The molecule has 0 saturated carbocycles. The summed E-state index contributed by atoms with van der Waals surface area (Å²) in [4.78, 5) is 32.0. The molecule has 3 aromatic rings. The molecule has 1 amide bonds. The van der Waals surface area contributed by atoms with Crippen molar-refractivity contribution in [3.8, 4) is 0 Å². The highest BCUT2D eigenvalue weighted by Crippen LogP contribution is 2.30. The zero-order valence-corrected chi connectivity index (χ0v) is 14.9. The van der Waals surface area contributed by atoms with Crippen molar-refractivity contribution in [2.24, 2.45) is 0 Å². The van der Waals surface area contributed by atoms with Gasteiger partial charge in [-0.2, -0.15) is 0 Å². The molecule has 0 unspecified atom stereocenters. The summed E-state index contributed by atoms with van der Waals surface area (Å²) >= 11 is 1.69. The number of anilines is 1. The number of amides is 1. The molecule has 1 aliphatic rings. The van der Waals surface area contributed by atoms with Crippen LogP contribution in [0.25, 0.3) is 10.2 Å². The summed E-state index contributed by atoms with van der Waals surface area (Å²) in [6.07, 6.45) is 5.88. The third-order valence-corrected chi connectivity index (χ3v) is 5.40. The van der Waals surface area contributed by atoms with Gasteiger partial charge in [0.1, 0.15) is 17.0 Å². The molecule has 0 N–H and O–H groups in total. The van der Waals surface area contributed by atoms with E-state index in [1.54, 1.807) is 42.2 Å². The Bertz CT molecular complexity index is 895. The Morgan fingerprint density at radius 3 is 2.80 bits per heavy atom. The topological polar surface area (TPSA) is 62.2 Å². The summed E-state index contributed by atoms with van der Waals surface area (Å²) in [6.45, 7) is 5.21. The van der Waals surface area contributed by atoms with Gasteiger partial charge < -0.3 is 9.80 Å². The van der Waals surface area contributed by atoms with Gasteiger partial charge in [-0.05, 0) is 31.5 Å². The molecule has 0 aromatic carbocycles. The Morgan fingerprint density at radius 2 is 1.96 bits per heavy atom. The summed E-state index contributed by atoms with van der Waals surface area (Å²) in [6, 6.07) is 5.69. The average molecular weight is 353 g/mol. The Balaban J connectivity index is 1.54.